The Balaban J connectivity index is 1.90. The Morgan fingerprint density at radius 3 is 2.34 bits per heavy atom. The van der Waals surface area contributed by atoms with Crippen LogP contribution in [0.25, 0.3) is 11.1 Å². The SMILES string of the molecule is COc1cccc(-c2c(C)c(Cc3c(F)cccc3F)nn(CC(N)c3ccccc3)c2=O)c1Cl. The van der Waals surface area contributed by atoms with Gasteiger partial charge in [0.25, 0.3) is 5.56 Å². The molecule has 0 radical (unpaired) electrons. The Bertz CT molecular complexity index is 1400. The fourth-order valence-corrected chi connectivity index (χ4v) is 4.33. The van der Waals surface area contributed by atoms with Gasteiger partial charge in [-0.3, -0.25) is 4.79 Å². The number of halogens is 3. The van der Waals surface area contributed by atoms with E-state index in [9.17, 15) is 13.6 Å². The van der Waals surface area contributed by atoms with Crippen LogP contribution in [0.4, 0.5) is 8.78 Å². The third-order valence-electron chi connectivity index (χ3n) is 5.95. The fourth-order valence-electron chi connectivity index (χ4n) is 4.03. The molecule has 0 fully saturated rings. The lowest BCUT2D eigenvalue weighted by Crippen LogP contribution is -2.32. The Morgan fingerprint density at radius 1 is 1.03 bits per heavy atom. The van der Waals surface area contributed by atoms with Gasteiger partial charge in [-0.1, -0.05) is 60.1 Å². The van der Waals surface area contributed by atoms with Crippen LogP contribution in [-0.4, -0.2) is 16.9 Å². The van der Waals surface area contributed by atoms with Gasteiger partial charge in [0.1, 0.15) is 17.4 Å². The quantitative estimate of drug-likeness (QED) is 0.370. The minimum atomic E-state index is -0.689. The molecule has 0 aliphatic heterocycles. The largest absolute Gasteiger partial charge is 0.495 e. The van der Waals surface area contributed by atoms with Crippen molar-refractivity contribution in [1.29, 1.82) is 0 Å². The van der Waals surface area contributed by atoms with Crippen molar-refractivity contribution in [2.24, 2.45) is 5.73 Å². The van der Waals surface area contributed by atoms with Gasteiger partial charge >= 0.3 is 0 Å². The van der Waals surface area contributed by atoms with E-state index in [1.807, 2.05) is 30.3 Å². The zero-order valence-electron chi connectivity index (χ0n) is 19.3. The number of nitrogens with two attached hydrogens (primary N) is 1. The summed E-state index contributed by atoms with van der Waals surface area (Å²) in [5.74, 6) is -0.981. The summed E-state index contributed by atoms with van der Waals surface area (Å²) in [7, 11) is 1.48. The second kappa shape index (κ2) is 10.4. The molecule has 3 aromatic carbocycles. The molecule has 2 N–H and O–H groups in total. The number of hydrogen-bond donors (Lipinski definition) is 1. The molecule has 1 heterocycles. The minimum absolute atomic E-state index is 0.0600. The van der Waals surface area contributed by atoms with E-state index in [2.05, 4.69) is 5.10 Å². The highest BCUT2D eigenvalue weighted by Gasteiger charge is 2.22. The van der Waals surface area contributed by atoms with Gasteiger partial charge in [-0.2, -0.15) is 5.10 Å². The molecular weight excluding hydrogens is 472 g/mol. The summed E-state index contributed by atoms with van der Waals surface area (Å²) in [5.41, 5.74) is 8.17. The van der Waals surface area contributed by atoms with E-state index in [1.54, 1.807) is 25.1 Å². The molecule has 5 nitrogen and oxygen atoms in total. The standard InChI is InChI=1S/C27H24ClF2N3O2/c1-16-23(14-19-20(29)11-7-12-21(19)30)32-33(15-22(31)17-8-4-3-5-9-17)27(34)25(16)18-10-6-13-24(35-2)26(18)28/h3-13,22H,14-15,31H2,1-2H3. The number of hydrogen-bond acceptors (Lipinski definition) is 4. The summed E-state index contributed by atoms with van der Waals surface area (Å²) in [6, 6.07) is 17.6. The van der Waals surface area contributed by atoms with E-state index in [0.29, 0.717) is 22.6 Å². The summed E-state index contributed by atoms with van der Waals surface area (Å²) in [4.78, 5) is 13.6. The van der Waals surface area contributed by atoms with Crippen molar-refractivity contribution in [3.05, 3.63) is 116 Å². The predicted molar refractivity (Wildman–Crippen MR) is 133 cm³/mol. The van der Waals surface area contributed by atoms with E-state index in [-0.39, 0.29) is 29.1 Å². The predicted octanol–water partition coefficient (Wildman–Crippen LogP) is 5.45. The smallest absolute Gasteiger partial charge is 0.275 e. The highest BCUT2D eigenvalue weighted by atomic mass is 35.5. The Labute approximate surface area is 206 Å². The first-order chi connectivity index (χ1) is 16.8. The van der Waals surface area contributed by atoms with Crippen molar-refractivity contribution in [2.45, 2.75) is 25.9 Å². The summed E-state index contributed by atoms with van der Waals surface area (Å²) >= 11 is 6.57. The average Bonchev–Trinajstić information content (AvgIpc) is 2.85. The second-order valence-electron chi connectivity index (χ2n) is 8.15. The van der Waals surface area contributed by atoms with Gasteiger partial charge in [-0.25, -0.2) is 13.5 Å². The fraction of sp³-hybridized carbons (Fsp3) is 0.185. The molecule has 0 saturated heterocycles. The number of aromatic nitrogens is 2. The number of methoxy groups -OCH3 is 1. The molecular formula is C27H24ClF2N3O2. The average molecular weight is 496 g/mol. The number of rotatable bonds is 7. The van der Waals surface area contributed by atoms with Crippen LogP contribution in [0.1, 0.15) is 28.4 Å². The van der Waals surface area contributed by atoms with Crippen molar-refractivity contribution in [3.8, 4) is 16.9 Å². The van der Waals surface area contributed by atoms with Gasteiger partial charge < -0.3 is 10.5 Å². The number of nitrogens with zero attached hydrogens (tertiary/aromatic N) is 2. The van der Waals surface area contributed by atoms with Crippen molar-refractivity contribution >= 4 is 11.6 Å². The zero-order chi connectivity index (χ0) is 25.1. The topological polar surface area (TPSA) is 70.1 Å². The van der Waals surface area contributed by atoms with E-state index in [4.69, 9.17) is 22.1 Å². The van der Waals surface area contributed by atoms with Gasteiger partial charge in [0.05, 0.1) is 29.9 Å². The van der Waals surface area contributed by atoms with E-state index < -0.39 is 23.2 Å². The Kier molecular flexibility index (Phi) is 7.28. The highest BCUT2D eigenvalue weighted by molar-refractivity contribution is 6.34. The molecule has 0 spiro atoms. The van der Waals surface area contributed by atoms with Crippen LogP contribution < -0.4 is 16.0 Å². The number of benzene rings is 3. The minimum Gasteiger partial charge on any atom is -0.495 e. The van der Waals surface area contributed by atoms with Gasteiger partial charge in [0.2, 0.25) is 0 Å². The molecule has 0 amide bonds. The molecule has 0 aliphatic carbocycles. The molecule has 0 aliphatic rings. The van der Waals surface area contributed by atoms with Crippen LogP contribution in [0, 0.1) is 18.6 Å². The third kappa shape index (κ3) is 4.97. The van der Waals surface area contributed by atoms with E-state index in [1.165, 1.54) is 30.0 Å². The molecule has 1 aromatic heterocycles. The van der Waals surface area contributed by atoms with Crippen LogP contribution in [0.3, 0.4) is 0 Å². The highest BCUT2D eigenvalue weighted by Crippen LogP contribution is 2.36. The first-order valence-corrected chi connectivity index (χ1v) is 11.4. The first-order valence-electron chi connectivity index (χ1n) is 11.0. The lowest BCUT2D eigenvalue weighted by atomic mass is 9.97. The summed E-state index contributed by atoms with van der Waals surface area (Å²) in [5, 5.41) is 4.74. The van der Waals surface area contributed by atoms with Crippen molar-refractivity contribution in [3.63, 3.8) is 0 Å². The maximum absolute atomic E-state index is 14.5. The lowest BCUT2D eigenvalue weighted by Gasteiger charge is -2.19. The molecule has 1 atom stereocenters. The van der Waals surface area contributed by atoms with Crippen molar-refractivity contribution < 1.29 is 13.5 Å². The molecule has 35 heavy (non-hydrogen) atoms. The molecule has 4 aromatic rings. The van der Waals surface area contributed by atoms with Crippen molar-refractivity contribution in [2.75, 3.05) is 7.11 Å². The van der Waals surface area contributed by atoms with Gasteiger partial charge in [0.15, 0.2) is 0 Å². The zero-order valence-corrected chi connectivity index (χ0v) is 20.0. The summed E-state index contributed by atoms with van der Waals surface area (Å²) in [6.45, 7) is 1.75. The molecule has 0 bridgehead atoms. The number of ether oxygens (including phenoxy) is 1. The molecule has 1 unspecified atom stereocenters. The Morgan fingerprint density at radius 2 is 1.69 bits per heavy atom. The molecule has 180 valence electrons. The van der Waals surface area contributed by atoms with E-state index >= 15 is 0 Å². The van der Waals surface area contributed by atoms with Gasteiger partial charge in [-0.15, -0.1) is 0 Å². The van der Waals surface area contributed by atoms with Crippen LogP contribution in [0.15, 0.2) is 71.5 Å². The maximum atomic E-state index is 14.5. The van der Waals surface area contributed by atoms with Crippen LogP contribution >= 0.6 is 11.6 Å². The molecule has 0 saturated carbocycles. The van der Waals surface area contributed by atoms with E-state index in [0.717, 1.165) is 5.56 Å². The lowest BCUT2D eigenvalue weighted by molar-refractivity contribution is 0.415. The second-order valence-corrected chi connectivity index (χ2v) is 8.53. The van der Waals surface area contributed by atoms with Crippen LogP contribution in [-0.2, 0) is 13.0 Å². The first kappa shape index (κ1) is 24.6. The third-order valence-corrected chi connectivity index (χ3v) is 6.34. The van der Waals surface area contributed by atoms with Crippen LogP contribution in [0.2, 0.25) is 5.02 Å². The van der Waals surface area contributed by atoms with Gasteiger partial charge in [-0.05, 0) is 36.2 Å². The maximum Gasteiger partial charge on any atom is 0.275 e. The summed E-state index contributed by atoms with van der Waals surface area (Å²) in [6.07, 6.45) is -0.153. The Hall–Kier alpha value is -3.55. The van der Waals surface area contributed by atoms with Crippen molar-refractivity contribution in [1.82, 2.24) is 9.78 Å². The molecule has 8 heteroatoms. The normalized spacial score (nSPS) is 11.9. The summed E-state index contributed by atoms with van der Waals surface area (Å²) < 4.78 is 35.5. The van der Waals surface area contributed by atoms with Gasteiger partial charge in [0, 0.05) is 23.6 Å². The molecule has 4 rings (SSSR count). The monoisotopic (exact) mass is 495 g/mol. The van der Waals surface area contributed by atoms with Crippen LogP contribution in [0.5, 0.6) is 5.75 Å².